The molecule has 0 amide bonds. The molecule has 0 aliphatic heterocycles. The molecule has 4 rings (SSSR count). The van der Waals surface area contributed by atoms with E-state index < -0.39 is 0 Å². The van der Waals surface area contributed by atoms with Gasteiger partial charge in [0.15, 0.2) is 0 Å². The van der Waals surface area contributed by atoms with Gasteiger partial charge in [-0.2, -0.15) is 0 Å². The fourth-order valence-corrected chi connectivity index (χ4v) is 3.38. The van der Waals surface area contributed by atoms with Crippen molar-refractivity contribution in [3.05, 3.63) is 96.8 Å². The van der Waals surface area contributed by atoms with E-state index in [4.69, 9.17) is 0 Å². The second-order valence-electron chi connectivity index (χ2n) is 6.71. The summed E-state index contributed by atoms with van der Waals surface area (Å²) in [5, 5.41) is 12.2. The predicted molar refractivity (Wildman–Crippen MR) is 118 cm³/mol. The third kappa shape index (κ3) is 3.80. The number of hydrogen-bond acceptors (Lipinski definition) is 2. The van der Waals surface area contributed by atoms with Crippen molar-refractivity contribution < 1.29 is 0 Å². The molecule has 2 nitrogen and oxygen atoms in total. The third-order valence-corrected chi connectivity index (χ3v) is 4.76. The first-order valence-corrected chi connectivity index (χ1v) is 9.55. The van der Waals surface area contributed by atoms with E-state index in [2.05, 4.69) is 109 Å². The van der Waals surface area contributed by atoms with Gasteiger partial charge in [-0.1, -0.05) is 86.1 Å². The Morgan fingerprint density at radius 1 is 0.667 bits per heavy atom. The van der Waals surface area contributed by atoms with E-state index in [0.717, 1.165) is 30.0 Å². The van der Waals surface area contributed by atoms with E-state index in [9.17, 15) is 0 Å². The topological polar surface area (TPSA) is 24.1 Å². The van der Waals surface area contributed by atoms with Gasteiger partial charge in [-0.3, -0.25) is 0 Å². The number of allylic oxidation sites excluding steroid dienone is 1. The predicted octanol–water partition coefficient (Wildman–Crippen LogP) is 7.16. The van der Waals surface area contributed by atoms with Crippen molar-refractivity contribution in [1.82, 2.24) is 0 Å². The van der Waals surface area contributed by atoms with Crippen molar-refractivity contribution in [3.8, 4) is 0 Å². The standard InChI is InChI=1S/C25H24N2/c1-2-3-18-25(26-23-16-8-12-19-10-4-6-14-21(19)23)27-24-17-9-13-20-11-5-7-15-22(20)24/h4-18,26-27H,2-3H2,1H3. The minimum Gasteiger partial charge on any atom is -0.342 e. The van der Waals surface area contributed by atoms with Crippen LogP contribution in [0, 0.1) is 0 Å². The Morgan fingerprint density at radius 3 is 1.67 bits per heavy atom. The van der Waals surface area contributed by atoms with E-state index in [1.165, 1.54) is 21.5 Å². The Balaban J connectivity index is 1.69. The average Bonchev–Trinajstić information content (AvgIpc) is 2.72. The second kappa shape index (κ2) is 7.96. The Kier molecular flexibility index (Phi) is 5.06. The molecule has 0 saturated heterocycles. The van der Waals surface area contributed by atoms with Crippen LogP contribution in [0.4, 0.5) is 11.4 Å². The normalized spacial score (nSPS) is 10.7. The number of hydrogen-bond donors (Lipinski definition) is 2. The van der Waals surface area contributed by atoms with Gasteiger partial charge in [-0.15, -0.1) is 0 Å². The maximum Gasteiger partial charge on any atom is 0.103 e. The van der Waals surface area contributed by atoms with E-state index in [0.29, 0.717) is 0 Å². The lowest BCUT2D eigenvalue weighted by Crippen LogP contribution is -2.10. The maximum absolute atomic E-state index is 3.62. The first-order chi connectivity index (χ1) is 13.3. The molecule has 0 saturated carbocycles. The lowest BCUT2D eigenvalue weighted by Gasteiger charge is -2.17. The van der Waals surface area contributed by atoms with Crippen molar-refractivity contribution in [2.24, 2.45) is 0 Å². The highest BCUT2D eigenvalue weighted by molar-refractivity contribution is 5.96. The molecule has 0 aromatic heterocycles. The monoisotopic (exact) mass is 352 g/mol. The van der Waals surface area contributed by atoms with Gasteiger partial charge in [0, 0.05) is 22.1 Å². The zero-order valence-corrected chi connectivity index (χ0v) is 15.6. The summed E-state index contributed by atoms with van der Waals surface area (Å²) in [5.74, 6) is 1.02. The van der Waals surface area contributed by atoms with Crippen LogP contribution >= 0.6 is 0 Å². The van der Waals surface area contributed by atoms with E-state index >= 15 is 0 Å². The van der Waals surface area contributed by atoms with Gasteiger partial charge in [0.25, 0.3) is 0 Å². The molecule has 0 fully saturated rings. The summed E-state index contributed by atoms with van der Waals surface area (Å²) in [6, 6.07) is 29.7. The van der Waals surface area contributed by atoms with Gasteiger partial charge in [-0.25, -0.2) is 0 Å². The van der Waals surface area contributed by atoms with Gasteiger partial charge in [0.1, 0.15) is 5.82 Å². The minimum absolute atomic E-state index is 1.02. The molecule has 0 bridgehead atoms. The molecule has 2 N–H and O–H groups in total. The highest BCUT2D eigenvalue weighted by Gasteiger charge is 2.06. The molecule has 0 unspecified atom stereocenters. The van der Waals surface area contributed by atoms with Crippen molar-refractivity contribution >= 4 is 32.9 Å². The summed E-state index contributed by atoms with van der Waals surface area (Å²) in [7, 11) is 0. The first-order valence-electron chi connectivity index (χ1n) is 9.55. The van der Waals surface area contributed by atoms with Crippen LogP contribution in [-0.2, 0) is 0 Å². The Labute approximate surface area is 160 Å². The van der Waals surface area contributed by atoms with Gasteiger partial charge in [0.2, 0.25) is 0 Å². The quantitative estimate of drug-likeness (QED) is 0.385. The van der Waals surface area contributed by atoms with E-state index in [1.807, 2.05) is 0 Å². The largest absolute Gasteiger partial charge is 0.342 e. The van der Waals surface area contributed by atoms with Crippen LogP contribution in [0.2, 0.25) is 0 Å². The van der Waals surface area contributed by atoms with Crippen molar-refractivity contribution in [1.29, 1.82) is 0 Å². The van der Waals surface area contributed by atoms with Crippen LogP contribution in [0.25, 0.3) is 21.5 Å². The highest BCUT2D eigenvalue weighted by Crippen LogP contribution is 2.27. The number of rotatable bonds is 6. The molecule has 134 valence electrons. The van der Waals surface area contributed by atoms with E-state index in [-0.39, 0.29) is 0 Å². The summed E-state index contributed by atoms with van der Waals surface area (Å²) in [6.07, 6.45) is 4.37. The fraction of sp³-hybridized carbons (Fsp3) is 0.120. The number of benzene rings is 4. The molecule has 0 aliphatic carbocycles. The van der Waals surface area contributed by atoms with Crippen molar-refractivity contribution in [3.63, 3.8) is 0 Å². The Bertz CT molecular complexity index is 1000. The molecular formula is C25H24N2. The molecule has 0 spiro atoms. The van der Waals surface area contributed by atoms with Crippen LogP contribution < -0.4 is 10.6 Å². The number of anilines is 2. The second-order valence-corrected chi connectivity index (χ2v) is 6.71. The summed E-state index contributed by atoms with van der Waals surface area (Å²) < 4.78 is 0. The first kappa shape index (κ1) is 17.2. The summed E-state index contributed by atoms with van der Waals surface area (Å²) in [5.41, 5.74) is 2.23. The van der Waals surface area contributed by atoms with Crippen molar-refractivity contribution in [2.75, 3.05) is 10.6 Å². The number of nitrogens with one attached hydrogen (secondary N) is 2. The lowest BCUT2D eigenvalue weighted by atomic mass is 10.1. The molecule has 0 heterocycles. The summed E-state index contributed by atoms with van der Waals surface area (Å²) in [4.78, 5) is 0. The van der Waals surface area contributed by atoms with Crippen LogP contribution in [0.1, 0.15) is 19.8 Å². The fourth-order valence-electron chi connectivity index (χ4n) is 3.38. The summed E-state index contributed by atoms with van der Waals surface area (Å²) in [6.45, 7) is 2.20. The maximum atomic E-state index is 3.62. The third-order valence-electron chi connectivity index (χ3n) is 4.76. The average molecular weight is 352 g/mol. The smallest absolute Gasteiger partial charge is 0.103 e. The van der Waals surface area contributed by atoms with Gasteiger partial charge < -0.3 is 10.6 Å². The van der Waals surface area contributed by atoms with Gasteiger partial charge in [0.05, 0.1) is 0 Å². The molecule has 4 aromatic rings. The molecule has 0 radical (unpaired) electrons. The molecule has 2 heteroatoms. The van der Waals surface area contributed by atoms with Crippen LogP contribution in [-0.4, -0.2) is 0 Å². The lowest BCUT2D eigenvalue weighted by molar-refractivity contribution is 0.950. The Hall–Kier alpha value is -3.26. The number of fused-ring (bicyclic) bond motifs is 2. The molecular weight excluding hydrogens is 328 g/mol. The molecule has 0 atom stereocenters. The van der Waals surface area contributed by atoms with Crippen LogP contribution in [0.3, 0.4) is 0 Å². The number of unbranched alkanes of at least 4 members (excludes halogenated alkanes) is 1. The van der Waals surface area contributed by atoms with Gasteiger partial charge >= 0.3 is 0 Å². The van der Waals surface area contributed by atoms with Crippen LogP contribution in [0.5, 0.6) is 0 Å². The molecule has 4 aromatic carbocycles. The van der Waals surface area contributed by atoms with E-state index in [1.54, 1.807) is 0 Å². The molecule has 27 heavy (non-hydrogen) atoms. The SMILES string of the molecule is CCCC=C(Nc1cccc2ccccc12)Nc1cccc2ccccc12. The minimum atomic E-state index is 1.02. The van der Waals surface area contributed by atoms with Gasteiger partial charge in [-0.05, 0) is 35.4 Å². The zero-order chi connectivity index (χ0) is 18.5. The highest BCUT2D eigenvalue weighted by atomic mass is 15.1. The van der Waals surface area contributed by atoms with Crippen molar-refractivity contribution in [2.45, 2.75) is 19.8 Å². The van der Waals surface area contributed by atoms with Crippen LogP contribution in [0.15, 0.2) is 96.8 Å². The zero-order valence-electron chi connectivity index (χ0n) is 15.6. The summed E-state index contributed by atoms with van der Waals surface area (Å²) >= 11 is 0. The molecule has 0 aliphatic rings. The Morgan fingerprint density at radius 2 is 1.15 bits per heavy atom.